The second-order valence-corrected chi connectivity index (χ2v) is 5.68. The van der Waals surface area contributed by atoms with Gasteiger partial charge in [0.25, 0.3) is 0 Å². The summed E-state index contributed by atoms with van der Waals surface area (Å²) in [6.45, 7) is 3.65. The molecule has 1 aliphatic heterocycles. The lowest BCUT2D eigenvalue weighted by Crippen LogP contribution is -2.23. The van der Waals surface area contributed by atoms with Crippen LogP contribution in [0.3, 0.4) is 0 Å². The standard InChI is InChI=1S/C19H22N2O/c1-3-7-17(8-4-1)11-13-21-14-12-19(15-21)20-22-16-18-9-5-2-6-10-18/h1-10H,11-16H2. The van der Waals surface area contributed by atoms with Gasteiger partial charge in [-0.15, -0.1) is 0 Å². The summed E-state index contributed by atoms with van der Waals surface area (Å²) in [5.41, 5.74) is 3.71. The third kappa shape index (κ3) is 4.43. The topological polar surface area (TPSA) is 24.8 Å². The molecule has 3 rings (SSSR count). The monoisotopic (exact) mass is 294 g/mol. The highest BCUT2D eigenvalue weighted by molar-refractivity contribution is 5.87. The Labute approximate surface area is 132 Å². The highest BCUT2D eigenvalue weighted by Crippen LogP contribution is 2.09. The third-order valence-corrected chi connectivity index (χ3v) is 3.95. The molecule has 0 aromatic heterocycles. The lowest BCUT2D eigenvalue weighted by atomic mass is 10.1. The quantitative estimate of drug-likeness (QED) is 0.762. The zero-order valence-electron chi connectivity index (χ0n) is 12.8. The Bertz CT molecular complexity index is 595. The van der Waals surface area contributed by atoms with Crippen molar-refractivity contribution in [1.82, 2.24) is 4.90 Å². The van der Waals surface area contributed by atoms with E-state index < -0.39 is 0 Å². The Kier molecular flexibility index (Phi) is 5.22. The summed E-state index contributed by atoms with van der Waals surface area (Å²) in [6.07, 6.45) is 2.11. The molecule has 1 saturated heterocycles. The number of nitrogens with zero attached hydrogens (tertiary/aromatic N) is 2. The van der Waals surface area contributed by atoms with Gasteiger partial charge in [0.15, 0.2) is 0 Å². The average molecular weight is 294 g/mol. The zero-order chi connectivity index (χ0) is 15.0. The van der Waals surface area contributed by atoms with Crippen LogP contribution in [0.5, 0.6) is 0 Å². The van der Waals surface area contributed by atoms with Crippen LogP contribution in [0.1, 0.15) is 17.5 Å². The van der Waals surface area contributed by atoms with Gasteiger partial charge in [0, 0.05) is 26.1 Å². The van der Waals surface area contributed by atoms with Crippen molar-refractivity contribution in [3.8, 4) is 0 Å². The predicted octanol–water partition coefficient (Wildman–Crippen LogP) is 3.51. The van der Waals surface area contributed by atoms with Crippen LogP contribution >= 0.6 is 0 Å². The van der Waals surface area contributed by atoms with Gasteiger partial charge in [0.2, 0.25) is 0 Å². The Hall–Kier alpha value is -2.13. The number of rotatable bonds is 6. The van der Waals surface area contributed by atoms with E-state index in [9.17, 15) is 0 Å². The van der Waals surface area contributed by atoms with Crippen LogP contribution in [0.4, 0.5) is 0 Å². The summed E-state index contributed by atoms with van der Waals surface area (Å²) in [6, 6.07) is 20.8. The maximum atomic E-state index is 5.48. The van der Waals surface area contributed by atoms with E-state index >= 15 is 0 Å². The van der Waals surface area contributed by atoms with Gasteiger partial charge in [-0.05, 0) is 17.5 Å². The van der Waals surface area contributed by atoms with Gasteiger partial charge in [-0.2, -0.15) is 0 Å². The third-order valence-electron chi connectivity index (χ3n) is 3.95. The lowest BCUT2D eigenvalue weighted by molar-refractivity contribution is 0.129. The fourth-order valence-corrected chi connectivity index (χ4v) is 2.67. The summed E-state index contributed by atoms with van der Waals surface area (Å²) in [5, 5.41) is 4.30. The van der Waals surface area contributed by atoms with E-state index in [2.05, 4.69) is 52.5 Å². The number of hydrogen-bond acceptors (Lipinski definition) is 3. The van der Waals surface area contributed by atoms with Gasteiger partial charge in [0.1, 0.15) is 6.61 Å². The first-order chi connectivity index (χ1) is 10.9. The van der Waals surface area contributed by atoms with Crippen LogP contribution in [0, 0.1) is 0 Å². The molecule has 3 heteroatoms. The van der Waals surface area contributed by atoms with Crippen molar-refractivity contribution in [2.45, 2.75) is 19.4 Å². The number of oxime groups is 1. The van der Waals surface area contributed by atoms with Crippen molar-refractivity contribution in [3.63, 3.8) is 0 Å². The highest BCUT2D eigenvalue weighted by atomic mass is 16.6. The summed E-state index contributed by atoms with van der Waals surface area (Å²) < 4.78 is 0. The van der Waals surface area contributed by atoms with E-state index in [-0.39, 0.29) is 0 Å². The maximum absolute atomic E-state index is 5.48. The molecular weight excluding hydrogens is 272 g/mol. The minimum absolute atomic E-state index is 0.550. The molecule has 22 heavy (non-hydrogen) atoms. The van der Waals surface area contributed by atoms with E-state index in [0.717, 1.165) is 43.8 Å². The molecule has 0 radical (unpaired) electrons. The zero-order valence-corrected chi connectivity index (χ0v) is 12.8. The normalized spacial score (nSPS) is 17.0. The van der Waals surface area contributed by atoms with Gasteiger partial charge in [-0.3, -0.25) is 4.90 Å². The van der Waals surface area contributed by atoms with Crippen molar-refractivity contribution in [2.75, 3.05) is 19.6 Å². The first-order valence-electron chi connectivity index (χ1n) is 7.88. The molecule has 0 bridgehead atoms. The smallest absolute Gasteiger partial charge is 0.142 e. The molecule has 0 amide bonds. The molecule has 0 aliphatic carbocycles. The highest BCUT2D eigenvalue weighted by Gasteiger charge is 2.17. The summed E-state index contributed by atoms with van der Waals surface area (Å²) in [4.78, 5) is 7.92. The molecule has 2 aromatic carbocycles. The Balaban J connectivity index is 1.41. The molecule has 114 valence electrons. The predicted molar refractivity (Wildman–Crippen MR) is 89.9 cm³/mol. The van der Waals surface area contributed by atoms with Gasteiger partial charge < -0.3 is 4.84 Å². The van der Waals surface area contributed by atoms with Crippen LogP contribution in [0.15, 0.2) is 65.8 Å². The maximum Gasteiger partial charge on any atom is 0.142 e. The average Bonchev–Trinajstić information content (AvgIpc) is 3.03. The summed E-state index contributed by atoms with van der Waals surface area (Å²) in [7, 11) is 0. The van der Waals surface area contributed by atoms with E-state index in [4.69, 9.17) is 4.84 Å². The first kappa shape index (κ1) is 14.8. The van der Waals surface area contributed by atoms with Gasteiger partial charge in [-0.1, -0.05) is 65.8 Å². The van der Waals surface area contributed by atoms with E-state index in [1.807, 2.05) is 18.2 Å². The van der Waals surface area contributed by atoms with Crippen LogP contribution in [0.25, 0.3) is 0 Å². The Morgan fingerprint density at radius 3 is 2.32 bits per heavy atom. The van der Waals surface area contributed by atoms with E-state index in [1.54, 1.807) is 0 Å². The van der Waals surface area contributed by atoms with E-state index in [0.29, 0.717) is 6.61 Å². The SMILES string of the molecule is c1ccc(CCN2CCC(=NOCc3ccccc3)C2)cc1. The van der Waals surface area contributed by atoms with Crippen molar-refractivity contribution in [3.05, 3.63) is 71.8 Å². The molecule has 0 atom stereocenters. The van der Waals surface area contributed by atoms with Gasteiger partial charge >= 0.3 is 0 Å². The van der Waals surface area contributed by atoms with E-state index in [1.165, 1.54) is 5.56 Å². The van der Waals surface area contributed by atoms with Crippen LogP contribution in [-0.4, -0.2) is 30.2 Å². The number of benzene rings is 2. The molecule has 1 fully saturated rings. The molecule has 3 nitrogen and oxygen atoms in total. The van der Waals surface area contributed by atoms with Crippen molar-refractivity contribution in [2.24, 2.45) is 5.16 Å². The van der Waals surface area contributed by atoms with Gasteiger partial charge in [0.05, 0.1) is 5.71 Å². The minimum atomic E-state index is 0.550. The molecule has 0 N–H and O–H groups in total. The molecule has 0 saturated carbocycles. The molecule has 1 aliphatic rings. The fraction of sp³-hybridized carbons (Fsp3) is 0.316. The largest absolute Gasteiger partial charge is 0.391 e. The Morgan fingerprint density at radius 1 is 0.909 bits per heavy atom. The molecular formula is C19H22N2O. The number of likely N-dealkylation sites (tertiary alicyclic amines) is 1. The molecule has 2 aromatic rings. The van der Waals surface area contributed by atoms with Crippen LogP contribution in [-0.2, 0) is 17.9 Å². The van der Waals surface area contributed by atoms with Crippen LogP contribution in [0.2, 0.25) is 0 Å². The molecule has 1 heterocycles. The Morgan fingerprint density at radius 2 is 1.59 bits per heavy atom. The number of hydrogen-bond donors (Lipinski definition) is 0. The molecule has 0 unspecified atom stereocenters. The fourth-order valence-electron chi connectivity index (χ4n) is 2.67. The van der Waals surface area contributed by atoms with Crippen molar-refractivity contribution >= 4 is 5.71 Å². The summed E-state index contributed by atoms with van der Waals surface area (Å²) >= 11 is 0. The lowest BCUT2D eigenvalue weighted by Gasteiger charge is -2.13. The van der Waals surface area contributed by atoms with Gasteiger partial charge in [-0.25, -0.2) is 0 Å². The second kappa shape index (κ2) is 7.76. The minimum Gasteiger partial charge on any atom is -0.391 e. The van der Waals surface area contributed by atoms with Crippen molar-refractivity contribution in [1.29, 1.82) is 0 Å². The van der Waals surface area contributed by atoms with Crippen LogP contribution < -0.4 is 0 Å². The first-order valence-corrected chi connectivity index (χ1v) is 7.88. The molecule has 0 spiro atoms. The second-order valence-electron chi connectivity index (χ2n) is 5.68. The van der Waals surface area contributed by atoms with Crippen molar-refractivity contribution < 1.29 is 4.84 Å². The summed E-state index contributed by atoms with van der Waals surface area (Å²) in [5.74, 6) is 0.